The largest absolute Gasteiger partial charge is 0.450 e. The van der Waals surface area contributed by atoms with E-state index in [0.29, 0.717) is 52.3 Å². The van der Waals surface area contributed by atoms with Crippen LogP contribution in [0.2, 0.25) is 25.7 Å². The zero-order valence-corrected chi connectivity index (χ0v) is 21.3. The molecule has 0 saturated carbocycles. The second-order valence-electron chi connectivity index (χ2n) is 10.7. The highest BCUT2D eigenvalue weighted by Crippen LogP contribution is 2.21. The van der Waals surface area contributed by atoms with Gasteiger partial charge in [0.1, 0.15) is 11.4 Å². The Labute approximate surface area is 192 Å². The van der Waals surface area contributed by atoms with Crippen molar-refractivity contribution in [1.82, 2.24) is 19.8 Å². The lowest BCUT2D eigenvalue weighted by Crippen LogP contribution is -2.50. The summed E-state index contributed by atoms with van der Waals surface area (Å²) < 4.78 is 11.0. The summed E-state index contributed by atoms with van der Waals surface area (Å²) >= 11 is 0. The molecular formula is C22H37N5O4Si. The van der Waals surface area contributed by atoms with Crippen LogP contribution in [0.15, 0.2) is 6.20 Å². The Morgan fingerprint density at radius 2 is 1.69 bits per heavy atom. The van der Waals surface area contributed by atoms with Crippen molar-refractivity contribution in [3.05, 3.63) is 17.6 Å². The minimum Gasteiger partial charge on any atom is -0.450 e. The van der Waals surface area contributed by atoms with E-state index in [-0.39, 0.29) is 12.2 Å². The van der Waals surface area contributed by atoms with Crippen LogP contribution in [-0.4, -0.2) is 85.0 Å². The highest BCUT2D eigenvalue weighted by molar-refractivity contribution is 6.76. The molecule has 0 radical (unpaired) electrons. The van der Waals surface area contributed by atoms with E-state index in [1.54, 1.807) is 16.0 Å². The molecule has 32 heavy (non-hydrogen) atoms. The van der Waals surface area contributed by atoms with Crippen molar-refractivity contribution in [3.63, 3.8) is 0 Å². The fourth-order valence-corrected chi connectivity index (χ4v) is 4.28. The molecule has 0 aromatic carbocycles. The smallest absolute Gasteiger partial charge is 0.410 e. The van der Waals surface area contributed by atoms with Crippen molar-refractivity contribution in [2.75, 3.05) is 44.2 Å². The van der Waals surface area contributed by atoms with Crippen molar-refractivity contribution in [2.45, 2.75) is 65.0 Å². The number of carbonyl (C=O) groups is 2. The number of anilines is 1. The number of rotatable bonds is 4. The van der Waals surface area contributed by atoms with Gasteiger partial charge in [-0.2, -0.15) is 0 Å². The molecule has 10 heteroatoms. The molecule has 2 aliphatic heterocycles. The first-order valence-electron chi connectivity index (χ1n) is 11.4. The lowest BCUT2D eigenvalue weighted by Gasteiger charge is -2.36. The number of aromatic nitrogens is 2. The first-order valence-corrected chi connectivity index (χ1v) is 15.1. The van der Waals surface area contributed by atoms with E-state index in [1.165, 1.54) is 0 Å². The van der Waals surface area contributed by atoms with Gasteiger partial charge in [-0.1, -0.05) is 19.6 Å². The van der Waals surface area contributed by atoms with Crippen LogP contribution >= 0.6 is 0 Å². The maximum atomic E-state index is 12.5. The molecule has 2 aliphatic rings. The number of amides is 2. The molecule has 9 nitrogen and oxygen atoms in total. The van der Waals surface area contributed by atoms with E-state index in [0.717, 1.165) is 23.2 Å². The molecule has 0 unspecified atom stereocenters. The first kappa shape index (κ1) is 24.3. The maximum absolute atomic E-state index is 12.5. The highest BCUT2D eigenvalue weighted by atomic mass is 28.3. The zero-order valence-electron chi connectivity index (χ0n) is 20.3. The second kappa shape index (κ2) is 9.64. The predicted octanol–water partition coefficient (Wildman–Crippen LogP) is 3.37. The van der Waals surface area contributed by atoms with Gasteiger partial charge in [0, 0.05) is 47.2 Å². The first-order chi connectivity index (χ1) is 14.9. The molecule has 0 spiro atoms. The molecule has 0 bridgehead atoms. The minimum atomic E-state index is -1.24. The number of nitrogens with zero attached hydrogens (tertiary/aromatic N) is 5. The van der Waals surface area contributed by atoms with Gasteiger partial charge < -0.3 is 24.2 Å². The fourth-order valence-electron chi connectivity index (χ4n) is 3.57. The van der Waals surface area contributed by atoms with Gasteiger partial charge in [0.2, 0.25) is 0 Å². The number of ether oxygens (including phenoxy) is 2. The molecule has 0 aliphatic carbocycles. The molecule has 2 amide bonds. The van der Waals surface area contributed by atoms with Crippen molar-refractivity contribution in [3.8, 4) is 0 Å². The number of piperazine rings is 1. The van der Waals surface area contributed by atoms with Gasteiger partial charge in [-0.15, -0.1) is 0 Å². The Kier molecular flexibility index (Phi) is 7.31. The Balaban J connectivity index is 1.56. The molecule has 1 aromatic rings. The monoisotopic (exact) mass is 463 g/mol. The normalized spacial score (nSPS) is 17.1. The van der Waals surface area contributed by atoms with Crippen LogP contribution in [0.25, 0.3) is 0 Å². The van der Waals surface area contributed by atoms with E-state index in [4.69, 9.17) is 14.5 Å². The third kappa shape index (κ3) is 6.82. The number of hydrogen-bond acceptors (Lipinski definition) is 7. The van der Waals surface area contributed by atoms with Crippen LogP contribution in [0.5, 0.6) is 0 Å². The van der Waals surface area contributed by atoms with Gasteiger partial charge >= 0.3 is 12.2 Å². The number of carbonyl (C=O) groups excluding carboxylic acids is 2. The van der Waals surface area contributed by atoms with E-state index in [9.17, 15) is 9.59 Å². The molecule has 1 fully saturated rings. The lowest BCUT2D eigenvalue weighted by molar-refractivity contribution is 0.0240. The Hall–Kier alpha value is -2.36. The molecule has 1 saturated heterocycles. The fraction of sp³-hybridized carbons (Fsp3) is 0.727. The van der Waals surface area contributed by atoms with Crippen molar-refractivity contribution in [2.24, 2.45) is 0 Å². The molecule has 3 rings (SSSR count). The Morgan fingerprint density at radius 3 is 2.31 bits per heavy atom. The van der Waals surface area contributed by atoms with E-state index in [1.807, 2.05) is 20.8 Å². The standard InChI is InChI=1S/C22H37N5O4Si/c1-22(2,3)31-21(29)26-11-9-25(10-12-26)19-15-23-17-7-8-27(16-18(17)24-19)20(28)30-13-14-32(4,5)6/h15H,7-14,16H2,1-6H3. The third-order valence-corrected chi connectivity index (χ3v) is 7.17. The van der Waals surface area contributed by atoms with E-state index < -0.39 is 13.7 Å². The average Bonchev–Trinajstić information content (AvgIpc) is 2.71. The highest BCUT2D eigenvalue weighted by Gasteiger charge is 2.28. The van der Waals surface area contributed by atoms with Crippen molar-refractivity contribution >= 4 is 26.1 Å². The summed E-state index contributed by atoms with van der Waals surface area (Å²) in [7, 11) is -1.24. The van der Waals surface area contributed by atoms with Gasteiger partial charge in [-0.25, -0.2) is 14.6 Å². The molecule has 178 valence electrons. The second-order valence-corrected chi connectivity index (χ2v) is 16.3. The summed E-state index contributed by atoms with van der Waals surface area (Å²) in [6.45, 7) is 16.4. The lowest BCUT2D eigenvalue weighted by atomic mass is 10.1. The van der Waals surface area contributed by atoms with E-state index >= 15 is 0 Å². The van der Waals surface area contributed by atoms with Gasteiger partial charge in [0.15, 0.2) is 0 Å². The van der Waals surface area contributed by atoms with Crippen LogP contribution in [-0.2, 0) is 22.4 Å². The Morgan fingerprint density at radius 1 is 1.00 bits per heavy atom. The molecule has 1 aromatic heterocycles. The van der Waals surface area contributed by atoms with Crippen LogP contribution in [0, 0.1) is 0 Å². The third-order valence-electron chi connectivity index (χ3n) is 5.47. The Bertz CT molecular complexity index is 829. The maximum Gasteiger partial charge on any atom is 0.410 e. The summed E-state index contributed by atoms with van der Waals surface area (Å²) in [4.78, 5) is 39.8. The summed E-state index contributed by atoms with van der Waals surface area (Å²) in [5.74, 6) is 0.779. The summed E-state index contributed by atoms with van der Waals surface area (Å²) in [5, 5.41) is 0. The van der Waals surface area contributed by atoms with Crippen LogP contribution < -0.4 is 4.90 Å². The van der Waals surface area contributed by atoms with Crippen molar-refractivity contribution < 1.29 is 19.1 Å². The molecular weight excluding hydrogens is 426 g/mol. The van der Waals surface area contributed by atoms with Gasteiger partial charge in [-0.05, 0) is 26.8 Å². The predicted molar refractivity (Wildman–Crippen MR) is 126 cm³/mol. The average molecular weight is 464 g/mol. The van der Waals surface area contributed by atoms with Gasteiger partial charge in [-0.3, -0.25) is 4.98 Å². The minimum absolute atomic E-state index is 0.271. The van der Waals surface area contributed by atoms with E-state index in [2.05, 4.69) is 29.5 Å². The molecule has 0 atom stereocenters. The summed E-state index contributed by atoms with van der Waals surface area (Å²) in [5.41, 5.74) is 1.26. The van der Waals surface area contributed by atoms with Crippen LogP contribution in [0.1, 0.15) is 32.2 Å². The topological polar surface area (TPSA) is 88.1 Å². The van der Waals surface area contributed by atoms with Gasteiger partial charge in [0.25, 0.3) is 0 Å². The van der Waals surface area contributed by atoms with Crippen LogP contribution in [0.4, 0.5) is 15.4 Å². The summed E-state index contributed by atoms with van der Waals surface area (Å²) in [6, 6.07) is 0.961. The molecule has 3 heterocycles. The van der Waals surface area contributed by atoms with Crippen molar-refractivity contribution in [1.29, 1.82) is 0 Å². The number of fused-ring (bicyclic) bond motifs is 1. The van der Waals surface area contributed by atoms with Gasteiger partial charge in [0.05, 0.1) is 30.7 Å². The van der Waals surface area contributed by atoms with Crippen LogP contribution in [0.3, 0.4) is 0 Å². The zero-order chi connectivity index (χ0) is 23.5. The number of hydrogen-bond donors (Lipinski definition) is 0. The summed E-state index contributed by atoms with van der Waals surface area (Å²) in [6.07, 6.45) is 1.92. The SMILES string of the molecule is CC(C)(C)OC(=O)N1CCN(c2cnc3c(n2)CN(C(=O)OCC[Si](C)(C)C)CC3)CC1. The quantitative estimate of drug-likeness (QED) is 0.633. The molecule has 0 N–H and O–H groups in total.